The fraction of sp³-hybridized carbons (Fsp3) is 0.419. The van der Waals surface area contributed by atoms with E-state index in [9.17, 15) is 18.4 Å². The monoisotopic (exact) mass is 560 g/mol. The standard InChI is InChI=1S/C31H31F3N6O/c32-31(33,34)18-40-13-9-21(10-14-40)20-1-3-22(4-2-20)26-16-27-30(39-26)29(38-19-37-27)23-5-6-28(24(15-23)17-35)41-25-7-11-36-12-8-25/h1-6,15,19,21,25,36H,7-14,16,18H2. The molecule has 2 saturated heterocycles. The lowest BCUT2D eigenvalue weighted by Gasteiger charge is -2.32. The predicted octanol–water partition coefficient (Wildman–Crippen LogP) is 5.56. The number of piperidine rings is 2. The minimum Gasteiger partial charge on any atom is -0.489 e. The van der Waals surface area contributed by atoms with Gasteiger partial charge in [-0.2, -0.15) is 18.4 Å². The zero-order valence-electron chi connectivity index (χ0n) is 22.6. The normalized spacial score (nSPS) is 18.5. The quantitative estimate of drug-likeness (QED) is 0.425. The second-order valence-corrected chi connectivity index (χ2v) is 10.9. The lowest BCUT2D eigenvalue weighted by molar-refractivity contribution is -0.147. The molecule has 6 rings (SSSR count). The fourth-order valence-electron chi connectivity index (χ4n) is 5.96. The number of ether oxygens (including phenoxy) is 1. The number of halogens is 3. The molecule has 0 saturated carbocycles. The minimum absolute atomic E-state index is 0.0956. The van der Waals surface area contributed by atoms with E-state index >= 15 is 0 Å². The van der Waals surface area contributed by atoms with Gasteiger partial charge in [-0.05, 0) is 87.1 Å². The van der Waals surface area contributed by atoms with E-state index in [1.807, 2.05) is 24.3 Å². The number of likely N-dealkylation sites (tertiary alicyclic amines) is 1. The molecule has 0 radical (unpaired) electrons. The van der Waals surface area contributed by atoms with Crippen LogP contribution in [0.25, 0.3) is 11.3 Å². The summed E-state index contributed by atoms with van der Waals surface area (Å²) in [5.74, 6) is 0.842. The van der Waals surface area contributed by atoms with Crippen LogP contribution in [0, 0.1) is 11.3 Å². The van der Waals surface area contributed by atoms with Crippen LogP contribution in [-0.2, 0) is 6.42 Å². The highest BCUT2D eigenvalue weighted by atomic mass is 19.4. The molecule has 3 aliphatic heterocycles. The van der Waals surface area contributed by atoms with Crippen LogP contribution in [0.3, 0.4) is 0 Å². The van der Waals surface area contributed by atoms with Gasteiger partial charge in [0, 0.05) is 12.0 Å². The summed E-state index contributed by atoms with van der Waals surface area (Å²) in [6.07, 6.45) is 1.30. The molecule has 0 amide bonds. The van der Waals surface area contributed by atoms with Gasteiger partial charge in [-0.15, -0.1) is 0 Å². The SMILES string of the molecule is N#Cc1cc(-c2ncnc3c2N=C(c2ccc(C4CCN(CC(F)(F)F)CC4)cc2)C3)ccc1OC1CCNCC1. The summed E-state index contributed by atoms with van der Waals surface area (Å²) >= 11 is 0. The number of aromatic nitrogens is 2. The van der Waals surface area contributed by atoms with Crippen LogP contribution in [0.4, 0.5) is 18.9 Å². The predicted molar refractivity (Wildman–Crippen MR) is 150 cm³/mol. The van der Waals surface area contributed by atoms with Crippen molar-refractivity contribution in [3.05, 3.63) is 71.2 Å². The summed E-state index contributed by atoms with van der Waals surface area (Å²) in [4.78, 5) is 15.4. The van der Waals surface area contributed by atoms with E-state index < -0.39 is 12.7 Å². The zero-order chi connectivity index (χ0) is 28.4. The van der Waals surface area contributed by atoms with Gasteiger partial charge in [-0.25, -0.2) is 15.0 Å². The maximum Gasteiger partial charge on any atom is 0.401 e. The molecule has 41 heavy (non-hydrogen) atoms. The number of benzene rings is 2. The Morgan fingerprint density at radius 3 is 2.41 bits per heavy atom. The summed E-state index contributed by atoms with van der Waals surface area (Å²) in [5, 5.41) is 13.1. The van der Waals surface area contributed by atoms with Crippen LogP contribution in [0.15, 0.2) is 53.8 Å². The lowest BCUT2D eigenvalue weighted by Crippen LogP contribution is -2.39. The highest BCUT2D eigenvalue weighted by Crippen LogP contribution is 2.38. The van der Waals surface area contributed by atoms with Crippen LogP contribution in [0.2, 0.25) is 0 Å². The average molecular weight is 561 g/mol. The molecule has 2 aromatic carbocycles. The summed E-state index contributed by atoms with van der Waals surface area (Å²) in [6.45, 7) is 1.89. The van der Waals surface area contributed by atoms with E-state index in [1.165, 1.54) is 11.2 Å². The molecule has 212 valence electrons. The van der Waals surface area contributed by atoms with Crippen LogP contribution >= 0.6 is 0 Å². The smallest absolute Gasteiger partial charge is 0.401 e. The molecule has 1 aromatic heterocycles. The first-order chi connectivity index (χ1) is 19.9. The Hall–Kier alpha value is -3.81. The maximum atomic E-state index is 12.7. The van der Waals surface area contributed by atoms with Gasteiger partial charge in [0.15, 0.2) is 0 Å². The zero-order valence-corrected chi connectivity index (χ0v) is 22.6. The van der Waals surface area contributed by atoms with Crippen LogP contribution in [-0.4, -0.2) is 65.6 Å². The molecule has 7 nitrogen and oxygen atoms in total. The first-order valence-corrected chi connectivity index (χ1v) is 14.1. The number of aliphatic imine (C=N–C) groups is 1. The van der Waals surface area contributed by atoms with Crippen LogP contribution in [0.1, 0.15) is 54.0 Å². The summed E-state index contributed by atoms with van der Waals surface area (Å²) in [7, 11) is 0. The first-order valence-electron chi connectivity index (χ1n) is 14.1. The van der Waals surface area contributed by atoms with E-state index in [4.69, 9.17) is 9.73 Å². The number of nitrogens with zero attached hydrogens (tertiary/aromatic N) is 5. The molecule has 0 bridgehead atoms. The molecular formula is C31H31F3N6O. The molecular weight excluding hydrogens is 529 g/mol. The second-order valence-electron chi connectivity index (χ2n) is 10.9. The second kappa shape index (κ2) is 11.6. The van der Waals surface area contributed by atoms with Crippen molar-refractivity contribution in [2.45, 2.75) is 50.3 Å². The van der Waals surface area contributed by atoms with Crippen LogP contribution in [0.5, 0.6) is 5.75 Å². The highest BCUT2D eigenvalue weighted by molar-refractivity contribution is 6.07. The van der Waals surface area contributed by atoms with E-state index in [1.54, 1.807) is 6.07 Å². The van der Waals surface area contributed by atoms with Crippen molar-refractivity contribution in [1.82, 2.24) is 20.2 Å². The highest BCUT2D eigenvalue weighted by Gasteiger charge is 2.33. The van der Waals surface area contributed by atoms with E-state index in [0.717, 1.165) is 54.0 Å². The third-order valence-corrected chi connectivity index (χ3v) is 8.14. The van der Waals surface area contributed by atoms with Gasteiger partial charge >= 0.3 is 6.18 Å². The summed E-state index contributed by atoms with van der Waals surface area (Å²) in [6, 6.07) is 16.0. The van der Waals surface area contributed by atoms with Crippen molar-refractivity contribution in [3.63, 3.8) is 0 Å². The topological polar surface area (TPSA) is 86.4 Å². The van der Waals surface area contributed by atoms with Crippen molar-refractivity contribution in [1.29, 1.82) is 5.26 Å². The average Bonchev–Trinajstić information content (AvgIpc) is 3.42. The minimum atomic E-state index is -4.15. The van der Waals surface area contributed by atoms with E-state index in [-0.39, 0.29) is 12.0 Å². The Morgan fingerprint density at radius 2 is 1.71 bits per heavy atom. The Morgan fingerprint density at radius 1 is 0.976 bits per heavy atom. The van der Waals surface area contributed by atoms with E-state index in [2.05, 4.69) is 33.5 Å². The lowest BCUT2D eigenvalue weighted by atomic mass is 9.88. The molecule has 2 fully saturated rings. The van der Waals surface area contributed by atoms with Gasteiger partial charge in [0.1, 0.15) is 29.9 Å². The number of alkyl halides is 3. The molecule has 0 atom stereocenters. The van der Waals surface area contributed by atoms with Crippen molar-refractivity contribution >= 4 is 11.4 Å². The van der Waals surface area contributed by atoms with Crippen molar-refractivity contribution in [2.24, 2.45) is 4.99 Å². The third kappa shape index (κ3) is 6.26. The van der Waals surface area contributed by atoms with E-state index in [0.29, 0.717) is 55.0 Å². The summed E-state index contributed by atoms with van der Waals surface area (Å²) in [5.41, 5.74) is 6.49. The van der Waals surface area contributed by atoms with Gasteiger partial charge < -0.3 is 10.1 Å². The molecule has 1 N–H and O–H groups in total. The van der Waals surface area contributed by atoms with Crippen molar-refractivity contribution in [3.8, 4) is 23.1 Å². The van der Waals surface area contributed by atoms with Crippen molar-refractivity contribution < 1.29 is 17.9 Å². The third-order valence-electron chi connectivity index (χ3n) is 8.14. The largest absolute Gasteiger partial charge is 0.489 e. The van der Waals surface area contributed by atoms with Crippen molar-refractivity contribution in [2.75, 3.05) is 32.7 Å². The Bertz CT molecular complexity index is 1470. The van der Waals surface area contributed by atoms with Gasteiger partial charge in [-0.1, -0.05) is 24.3 Å². The number of hydrogen-bond donors (Lipinski definition) is 1. The Balaban J connectivity index is 1.17. The molecule has 3 aliphatic rings. The van der Waals surface area contributed by atoms with Gasteiger partial charge in [-0.3, -0.25) is 4.90 Å². The van der Waals surface area contributed by atoms with Gasteiger partial charge in [0.25, 0.3) is 0 Å². The Kier molecular flexibility index (Phi) is 7.73. The van der Waals surface area contributed by atoms with Gasteiger partial charge in [0.05, 0.1) is 29.2 Å². The molecule has 10 heteroatoms. The summed E-state index contributed by atoms with van der Waals surface area (Å²) < 4.78 is 44.3. The number of hydrogen-bond acceptors (Lipinski definition) is 7. The van der Waals surface area contributed by atoms with Crippen LogP contribution < -0.4 is 10.1 Å². The van der Waals surface area contributed by atoms with Gasteiger partial charge in [0.2, 0.25) is 0 Å². The Labute approximate surface area is 237 Å². The fourth-order valence-corrected chi connectivity index (χ4v) is 5.96. The molecule has 3 aromatic rings. The number of rotatable bonds is 6. The number of nitrogens with one attached hydrogen (secondary N) is 1. The first kappa shape index (κ1) is 27.4. The molecule has 0 spiro atoms. The number of nitriles is 1. The molecule has 0 unspecified atom stereocenters. The number of fused-ring (bicyclic) bond motifs is 1. The molecule has 0 aliphatic carbocycles. The molecule has 4 heterocycles. The maximum absolute atomic E-state index is 12.7.